The van der Waals surface area contributed by atoms with Gasteiger partial charge in [0, 0.05) is 18.2 Å². The van der Waals surface area contributed by atoms with E-state index in [2.05, 4.69) is 38.9 Å². The van der Waals surface area contributed by atoms with E-state index in [1.165, 1.54) is 18.9 Å². The summed E-state index contributed by atoms with van der Waals surface area (Å²) in [6, 6.07) is 11.8. The van der Waals surface area contributed by atoms with Gasteiger partial charge in [0.2, 0.25) is 5.91 Å². The van der Waals surface area contributed by atoms with E-state index < -0.39 is 0 Å². The van der Waals surface area contributed by atoms with Crippen LogP contribution < -0.4 is 10.1 Å². The lowest BCUT2D eigenvalue weighted by Crippen LogP contribution is -2.36. The van der Waals surface area contributed by atoms with E-state index in [9.17, 15) is 4.79 Å². The van der Waals surface area contributed by atoms with Crippen molar-refractivity contribution >= 4 is 34.6 Å². The first kappa shape index (κ1) is 19.0. The van der Waals surface area contributed by atoms with Crippen molar-refractivity contribution in [1.82, 2.24) is 10.2 Å². The number of furan rings is 1. The van der Waals surface area contributed by atoms with Crippen LogP contribution in [0, 0.1) is 3.77 Å². The molecule has 0 spiro atoms. The molecule has 0 bridgehead atoms. The van der Waals surface area contributed by atoms with Crippen molar-refractivity contribution < 1.29 is 13.9 Å². The fourth-order valence-corrected chi connectivity index (χ4v) is 3.70. The number of amides is 1. The van der Waals surface area contributed by atoms with Gasteiger partial charge in [-0.3, -0.25) is 9.69 Å². The molecule has 1 aromatic heterocycles. The monoisotopic (exact) mass is 466 g/mol. The molecule has 1 fully saturated rings. The normalized spacial score (nSPS) is 16.1. The molecule has 1 N–H and O–H groups in total. The van der Waals surface area contributed by atoms with Gasteiger partial charge in [0.1, 0.15) is 11.5 Å². The highest BCUT2D eigenvalue weighted by Crippen LogP contribution is 2.31. The van der Waals surface area contributed by atoms with Crippen molar-refractivity contribution in [2.75, 3.05) is 26.7 Å². The molecule has 2 aromatic rings. The molecule has 3 rings (SSSR count). The van der Waals surface area contributed by atoms with Crippen molar-refractivity contribution in [3.05, 3.63) is 57.6 Å². The molecule has 138 valence electrons. The van der Waals surface area contributed by atoms with Gasteiger partial charge in [-0.1, -0.05) is 18.2 Å². The second-order valence-electron chi connectivity index (χ2n) is 6.22. The average Bonchev–Trinajstić information content (AvgIpc) is 3.32. The SMILES string of the molecule is COc1ccccc1C(CNC(=O)/C=C/c1ccc(I)o1)N1CCCC1. The van der Waals surface area contributed by atoms with E-state index in [-0.39, 0.29) is 11.9 Å². The number of carbonyl (C=O) groups is 1. The first-order valence-corrected chi connectivity index (χ1v) is 9.83. The van der Waals surface area contributed by atoms with Crippen LogP contribution in [0.2, 0.25) is 0 Å². The molecule has 0 saturated carbocycles. The Morgan fingerprint density at radius 1 is 1.31 bits per heavy atom. The van der Waals surface area contributed by atoms with Crippen LogP contribution in [-0.4, -0.2) is 37.6 Å². The smallest absolute Gasteiger partial charge is 0.244 e. The van der Waals surface area contributed by atoms with Gasteiger partial charge >= 0.3 is 0 Å². The summed E-state index contributed by atoms with van der Waals surface area (Å²) in [5.41, 5.74) is 1.11. The first-order chi connectivity index (χ1) is 12.7. The number of halogens is 1. The minimum atomic E-state index is -0.129. The predicted molar refractivity (Wildman–Crippen MR) is 110 cm³/mol. The molecule has 1 aliphatic rings. The Balaban J connectivity index is 1.68. The second-order valence-corrected chi connectivity index (χ2v) is 7.28. The number of benzene rings is 1. The Hall–Kier alpha value is -1.80. The van der Waals surface area contributed by atoms with Crippen LogP contribution in [0.3, 0.4) is 0 Å². The topological polar surface area (TPSA) is 54.7 Å². The summed E-state index contributed by atoms with van der Waals surface area (Å²) in [4.78, 5) is 14.7. The number of ether oxygens (including phenoxy) is 1. The molecule has 1 aromatic carbocycles. The van der Waals surface area contributed by atoms with E-state index >= 15 is 0 Å². The average molecular weight is 466 g/mol. The van der Waals surface area contributed by atoms with Crippen LogP contribution in [0.4, 0.5) is 0 Å². The fourth-order valence-electron chi connectivity index (χ4n) is 3.26. The molecule has 0 aliphatic carbocycles. The summed E-state index contributed by atoms with van der Waals surface area (Å²) in [5, 5.41) is 3.02. The largest absolute Gasteiger partial charge is 0.496 e. The maximum absolute atomic E-state index is 12.2. The zero-order valence-corrected chi connectivity index (χ0v) is 16.9. The van der Waals surface area contributed by atoms with E-state index in [4.69, 9.17) is 9.15 Å². The summed E-state index contributed by atoms with van der Waals surface area (Å²) in [6.07, 6.45) is 5.58. The quantitative estimate of drug-likeness (QED) is 0.498. The third-order valence-corrected chi connectivity index (χ3v) is 5.12. The standard InChI is InChI=1S/C20H23IN2O3/c1-25-18-7-3-2-6-16(18)17(23-12-4-5-13-23)14-22-20(24)11-9-15-8-10-19(21)26-15/h2-3,6-11,17H,4-5,12-14H2,1H3,(H,22,24)/b11-9+. The molecule has 26 heavy (non-hydrogen) atoms. The lowest BCUT2D eigenvalue weighted by Gasteiger charge is -2.29. The lowest BCUT2D eigenvalue weighted by atomic mass is 10.0. The summed E-state index contributed by atoms with van der Waals surface area (Å²) < 4.78 is 11.8. The summed E-state index contributed by atoms with van der Waals surface area (Å²) >= 11 is 2.10. The van der Waals surface area contributed by atoms with Gasteiger partial charge in [-0.05, 0) is 72.8 Å². The summed E-state index contributed by atoms with van der Waals surface area (Å²) in [5.74, 6) is 1.40. The van der Waals surface area contributed by atoms with Crippen LogP contribution in [0.1, 0.15) is 30.2 Å². The summed E-state index contributed by atoms with van der Waals surface area (Å²) in [7, 11) is 1.69. The van der Waals surface area contributed by atoms with Crippen LogP contribution >= 0.6 is 22.6 Å². The van der Waals surface area contributed by atoms with Crippen molar-refractivity contribution in [1.29, 1.82) is 0 Å². The second kappa shape index (κ2) is 9.23. The van der Waals surface area contributed by atoms with E-state index in [1.807, 2.05) is 30.3 Å². The number of carbonyl (C=O) groups excluding carboxylic acids is 1. The lowest BCUT2D eigenvalue weighted by molar-refractivity contribution is -0.116. The predicted octanol–water partition coefficient (Wildman–Crippen LogP) is 3.86. The van der Waals surface area contributed by atoms with Gasteiger partial charge in [-0.2, -0.15) is 0 Å². The molecule has 1 atom stereocenters. The van der Waals surface area contributed by atoms with E-state index in [0.717, 1.165) is 28.2 Å². The molecule has 1 saturated heterocycles. The third-order valence-electron chi connectivity index (χ3n) is 4.54. The van der Waals surface area contributed by atoms with Crippen LogP contribution in [0.5, 0.6) is 5.75 Å². The van der Waals surface area contributed by atoms with Crippen molar-refractivity contribution in [2.45, 2.75) is 18.9 Å². The highest BCUT2D eigenvalue weighted by atomic mass is 127. The third kappa shape index (κ3) is 4.88. The number of rotatable bonds is 7. The maximum Gasteiger partial charge on any atom is 0.244 e. The molecule has 6 heteroatoms. The maximum atomic E-state index is 12.2. The summed E-state index contributed by atoms with van der Waals surface area (Å²) in [6.45, 7) is 2.62. The molecular formula is C20H23IN2O3. The van der Waals surface area contributed by atoms with Crippen LogP contribution in [0.25, 0.3) is 6.08 Å². The molecule has 0 radical (unpaired) electrons. The molecule has 1 amide bonds. The number of methoxy groups -OCH3 is 1. The van der Waals surface area contributed by atoms with Gasteiger partial charge in [0.05, 0.1) is 13.2 Å². The van der Waals surface area contributed by atoms with Crippen LogP contribution in [0.15, 0.2) is 46.9 Å². The zero-order chi connectivity index (χ0) is 18.4. The highest BCUT2D eigenvalue weighted by Gasteiger charge is 2.25. The van der Waals surface area contributed by atoms with Crippen molar-refractivity contribution in [2.24, 2.45) is 0 Å². The zero-order valence-electron chi connectivity index (χ0n) is 14.8. The van der Waals surface area contributed by atoms with Crippen LogP contribution in [-0.2, 0) is 4.79 Å². The minimum absolute atomic E-state index is 0.107. The Labute approximate surface area is 167 Å². The number of nitrogens with zero attached hydrogens (tertiary/aromatic N) is 1. The highest BCUT2D eigenvalue weighted by molar-refractivity contribution is 14.1. The van der Waals surface area contributed by atoms with Crippen molar-refractivity contribution in [3.63, 3.8) is 0 Å². The molecule has 5 nitrogen and oxygen atoms in total. The van der Waals surface area contributed by atoms with Gasteiger partial charge in [-0.15, -0.1) is 0 Å². The van der Waals surface area contributed by atoms with Gasteiger partial charge in [-0.25, -0.2) is 0 Å². The van der Waals surface area contributed by atoms with Crippen molar-refractivity contribution in [3.8, 4) is 5.75 Å². The van der Waals surface area contributed by atoms with E-state index in [0.29, 0.717) is 12.3 Å². The van der Waals surface area contributed by atoms with E-state index in [1.54, 1.807) is 13.2 Å². The van der Waals surface area contributed by atoms with Gasteiger partial charge in [0.15, 0.2) is 3.77 Å². The molecule has 1 unspecified atom stereocenters. The minimum Gasteiger partial charge on any atom is -0.496 e. The molecule has 2 heterocycles. The van der Waals surface area contributed by atoms with Gasteiger partial charge < -0.3 is 14.5 Å². The Kier molecular flexibility index (Phi) is 6.73. The molecule has 1 aliphatic heterocycles. The fraction of sp³-hybridized carbons (Fsp3) is 0.350. The first-order valence-electron chi connectivity index (χ1n) is 8.75. The Morgan fingerprint density at radius 2 is 2.08 bits per heavy atom. The number of likely N-dealkylation sites (tertiary alicyclic amines) is 1. The molecular weight excluding hydrogens is 443 g/mol. The van der Waals surface area contributed by atoms with Gasteiger partial charge in [0.25, 0.3) is 0 Å². The number of nitrogens with one attached hydrogen (secondary N) is 1. The Morgan fingerprint density at radius 3 is 2.77 bits per heavy atom. The Bertz CT molecular complexity index is 766. The number of para-hydroxylation sites is 1. The number of hydrogen-bond donors (Lipinski definition) is 1. The number of hydrogen-bond acceptors (Lipinski definition) is 4.